The molecule has 0 aliphatic carbocycles. The van der Waals surface area contributed by atoms with Crippen molar-refractivity contribution in [3.63, 3.8) is 0 Å². The summed E-state index contributed by atoms with van der Waals surface area (Å²) < 4.78 is 5.93. The summed E-state index contributed by atoms with van der Waals surface area (Å²) in [5.74, 6) is 0.0950. The van der Waals surface area contributed by atoms with E-state index in [-0.39, 0.29) is 11.9 Å². The summed E-state index contributed by atoms with van der Waals surface area (Å²) >= 11 is 1.79. The van der Waals surface area contributed by atoms with Gasteiger partial charge in [-0.1, -0.05) is 12.1 Å². The van der Waals surface area contributed by atoms with Crippen LogP contribution in [0.3, 0.4) is 0 Å². The van der Waals surface area contributed by atoms with E-state index >= 15 is 0 Å². The van der Waals surface area contributed by atoms with Gasteiger partial charge in [-0.05, 0) is 36.4 Å². The molecule has 0 radical (unpaired) electrons. The van der Waals surface area contributed by atoms with E-state index in [9.17, 15) is 9.59 Å². The standard InChI is InChI=1S/C22H23N3O3S/c1-28-22(27)16-6-8-17(9-7-16)23-20(26)14-25-12-10-15(11-13-25)21-24-18-4-2-3-5-19(18)29-21/h2-9,15H,10-14H2,1H3,(H,23,26)/p+1. The van der Waals surface area contributed by atoms with Gasteiger partial charge in [0, 0.05) is 24.4 Å². The normalized spacial score (nSPS) is 19.1. The van der Waals surface area contributed by atoms with Crippen LogP contribution >= 0.6 is 11.3 Å². The topological polar surface area (TPSA) is 72.7 Å². The molecule has 2 heterocycles. The highest BCUT2D eigenvalue weighted by Gasteiger charge is 2.27. The van der Waals surface area contributed by atoms with Crippen molar-refractivity contribution in [3.05, 3.63) is 59.1 Å². The van der Waals surface area contributed by atoms with Crippen molar-refractivity contribution in [2.24, 2.45) is 0 Å². The number of carbonyl (C=O) groups excluding carboxylic acids is 2. The van der Waals surface area contributed by atoms with Gasteiger partial charge in [0.15, 0.2) is 6.54 Å². The van der Waals surface area contributed by atoms with Gasteiger partial charge < -0.3 is 15.0 Å². The number of quaternary nitrogens is 1. The van der Waals surface area contributed by atoms with Crippen LogP contribution in [0.4, 0.5) is 5.69 Å². The molecule has 1 fully saturated rings. The first-order valence-electron chi connectivity index (χ1n) is 9.79. The van der Waals surface area contributed by atoms with E-state index in [2.05, 4.69) is 28.3 Å². The Morgan fingerprint density at radius 1 is 1.14 bits per heavy atom. The molecule has 0 saturated carbocycles. The zero-order valence-corrected chi connectivity index (χ0v) is 17.1. The number of hydrogen-bond donors (Lipinski definition) is 2. The molecule has 1 amide bonds. The largest absolute Gasteiger partial charge is 0.465 e. The van der Waals surface area contributed by atoms with E-state index in [0.29, 0.717) is 23.7 Å². The number of carbonyl (C=O) groups is 2. The number of anilines is 1. The number of methoxy groups -OCH3 is 1. The number of fused-ring (bicyclic) bond motifs is 1. The molecule has 29 heavy (non-hydrogen) atoms. The fourth-order valence-electron chi connectivity index (χ4n) is 3.75. The van der Waals surface area contributed by atoms with E-state index in [0.717, 1.165) is 31.4 Å². The summed E-state index contributed by atoms with van der Waals surface area (Å²) in [7, 11) is 1.35. The maximum absolute atomic E-state index is 12.4. The molecule has 4 rings (SSSR count). The maximum Gasteiger partial charge on any atom is 0.337 e. The Morgan fingerprint density at radius 3 is 2.55 bits per heavy atom. The second kappa shape index (κ2) is 8.71. The lowest BCUT2D eigenvalue weighted by molar-refractivity contribution is -0.897. The van der Waals surface area contributed by atoms with E-state index in [1.54, 1.807) is 35.6 Å². The number of piperidine rings is 1. The molecule has 1 aliphatic rings. The first-order valence-corrected chi connectivity index (χ1v) is 10.6. The van der Waals surface area contributed by atoms with Crippen molar-refractivity contribution in [1.82, 2.24) is 4.98 Å². The van der Waals surface area contributed by atoms with E-state index in [4.69, 9.17) is 4.98 Å². The van der Waals surface area contributed by atoms with Crippen LogP contribution in [-0.2, 0) is 9.53 Å². The molecule has 1 saturated heterocycles. The number of esters is 1. The minimum Gasteiger partial charge on any atom is -0.465 e. The number of aromatic nitrogens is 1. The number of hydrogen-bond acceptors (Lipinski definition) is 5. The van der Waals surface area contributed by atoms with E-state index in [1.165, 1.54) is 21.7 Å². The van der Waals surface area contributed by atoms with Crippen molar-refractivity contribution in [2.45, 2.75) is 18.8 Å². The van der Waals surface area contributed by atoms with Crippen LogP contribution < -0.4 is 10.2 Å². The van der Waals surface area contributed by atoms with Crippen LogP contribution in [0.15, 0.2) is 48.5 Å². The molecule has 0 atom stereocenters. The van der Waals surface area contributed by atoms with Gasteiger partial charge in [0.1, 0.15) is 0 Å². The predicted molar refractivity (Wildman–Crippen MR) is 114 cm³/mol. The smallest absolute Gasteiger partial charge is 0.337 e. The van der Waals surface area contributed by atoms with Gasteiger partial charge in [0.2, 0.25) is 0 Å². The van der Waals surface area contributed by atoms with Crippen LogP contribution in [0.2, 0.25) is 0 Å². The van der Waals surface area contributed by atoms with E-state index in [1.807, 2.05) is 6.07 Å². The van der Waals surface area contributed by atoms with Gasteiger partial charge in [-0.25, -0.2) is 9.78 Å². The SMILES string of the molecule is COC(=O)c1ccc(NC(=O)C[NH+]2CCC(c3nc4ccccc4s3)CC2)cc1. The Bertz CT molecular complexity index is 975. The number of benzene rings is 2. The highest BCUT2D eigenvalue weighted by atomic mass is 32.1. The fourth-order valence-corrected chi connectivity index (χ4v) is 4.89. The molecule has 3 aromatic rings. The average Bonchev–Trinajstić information content (AvgIpc) is 3.18. The van der Waals surface area contributed by atoms with Crippen molar-refractivity contribution < 1.29 is 19.2 Å². The number of nitrogens with zero attached hydrogens (tertiary/aromatic N) is 1. The Labute approximate surface area is 173 Å². The lowest BCUT2D eigenvalue weighted by Crippen LogP contribution is -3.14. The van der Waals surface area contributed by atoms with Crippen LogP contribution in [0.1, 0.15) is 34.1 Å². The summed E-state index contributed by atoms with van der Waals surface area (Å²) in [6.07, 6.45) is 2.10. The molecular weight excluding hydrogens is 386 g/mol. The Morgan fingerprint density at radius 2 is 1.86 bits per heavy atom. The number of thiazole rings is 1. The van der Waals surface area contributed by atoms with Crippen LogP contribution in [-0.4, -0.2) is 43.6 Å². The lowest BCUT2D eigenvalue weighted by atomic mass is 9.97. The average molecular weight is 411 g/mol. The van der Waals surface area contributed by atoms with Crippen LogP contribution in [0.25, 0.3) is 10.2 Å². The molecule has 2 N–H and O–H groups in total. The maximum atomic E-state index is 12.4. The molecular formula is C22H24N3O3S+. The number of para-hydroxylation sites is 1. The summed E-state index contributed by atoms with van der Waals surface area (Å²) in [5.41, 5.74) is 2.24. The zero-order chi connectivity index (χ0) is 20.2. The number of likely N-dealkylation sites (tertiary alicyclic amines) is 1. The quantitative estimate of drug-likeness (QED) is 0.634. The molecule has 7 heteroatoms. The number of amides is 1. The Hall–Kier alpha value is -2.77. The molecule has 0 spiro atoms. The number of nitrogens with one attached hydrogen (secondary N) is 2. The third kappa shape index (κ3) is 4.63. The summed E-state index contributed by atoms with van der Waals surface area (Å²) in [4.78, 5) is 30.0. The van der Waals surface area contributed by atoms with Gasteiger partial charge in [-0.3, -0.25) is 4.79 Å². The molecule has 0 bridgehead atoms. The Balaban J connectivity index is 1.28. The lowest BCUT2D eigenvalue weighted by Gasteiger charge is -2.27. The summed E-state index contributed by atoms with van der Waals surface area (Å²) in [5, 5.41) is 4.13. The van der Waals surface area contributed by atoms with Gasteiger partial charge in [0.05, 0.1) is 41.0 Å². The predicted octanol–water partition coefficient (Wildman–Crippen LogP) is 2.48. The van der Waals surface area contributed by atoms with Crippen molar-refractivity contribution >= 4 is 39.1 Å². The first kappa shape index (κ1) is 19.5. The molecule has 150 valence electrons. The summed E-state index contributed by atoms with van der Waals surface area (Å²) in [6.45, 7) is 2.38. The fraction of sp³-hybridized carbons (Fsp3) is 0.318. The van der Waals surface area contributed by atoms with Crippen molar-refractivity contribution in [1.29, 1.82) is 0 Å². The zero-order valence-electron chi connectivity index (χ0n) is 16.3. The van der Waals surface area contributed by atoms with Crippen LogP contribution in [0.5, 0.6) is 0 Å². The molecule has 1 aromatic heterocycles. The number of ether oxygens (including phenoxy) is 1. The molecule has 1 aliphatic heterocycles. The minimum absolute atomic E-state index is 0.00995. The van der Waals surface area contributed by atoms with Gasteiger partial charge in [0.25, 0.3) is 5.91 Å². The molecule has 0 unspecified atom stereocenters. The minimum atomic E-state index is -0.386. The van der Waals surface area contributed by atoms with Crippen molar-refractivity contribution in [3.8, 4) is 0 Å². The highest BCUT2D eigenvalue weighted by Crippen LogP contribution is 2.31. The second-order valence-electron chi connectivity index (χ2n) is 7.34. The van der Waals surface area contributed by atoms with Crippen LogP contribution in [0, 0.1) is 0 Å². The highest BCUT2D eigenvalue weighted by molar-refractivity contribution is 7.18. The van der Waals surface area contributed by atoms with Gasteiger partial charge in [-0.2, -0.15) is 0 Å². The summed E-state index contributed by atoms with van der Waals surface area (Å²) in [6, 6.07) is 15.0. The van der Waals surface area contributed by atoms with Crippen molar-refractivity contribution in [2.75, 3.05) is 32.1 Å². The van der Waals surface area contributed by atoms with E-state index < -0.39 is 0 Å². The first-order chi connectivity index (χ1) is 14.1. The monoisotopic (exact) mass is 410 g/mol. The second-order valence-corrected chi connectivity index (χ2v) is 8.40. The third-order valence-corrected chi connectivity index (χ3v) is 6.55. The third-order valence-electron chi connectivity index (χ3n) is 5.35. The van der Waals surface area contributed by atoms with Gasteiger partial charge >= 0.3 is 5.97 Å². The molecule has 6 nitrogen and oxygen atoms in total. The van der Waals surface area contributed by atoms with Gasteiger partial charge in [-0.15, -0.1) is 11.3 Å². The Kier molecular flexibility index (Phi) is 5.87. The number of rotatable bonds is 5. The molecule has 2 aromatic carbocycles.